The lowest BCUT2D eigenvalue weighted by atomic mass is 9.68. The molecule has 2 amide bonds. The first-order valence-electron chi connectivity index (χ1n) is 14.5. The van der Waals surface area contributed by atoms with Crippen LogP contribution in [0.1, 0.15) is 33.9 Å². The highest BCUT2D eigenvalue weighted by Gasteiger charge is 2.70. The number of hydrogen-bond donors (Lipinski definition) is 1. The summed E-state index contributed by atoms with van der Waals surface area (Å²) in [6, 6.07) is 20.3. The van der Waals surface area contributed by atoms with Gasteiger partial charge < -0.3 is 9.72 Å². The third-order valence-corrected chi connectivity index (χ3v) is 12.8. The fraction of sp³-hybridized carbons (Fsp3) is 0.303. The number of thiazole rings is 1. The first kappa shape index (κ1) is 29.1. The van der Waals surface area contributed by atoms with Crippen LogP contribution in [0.4, 0.5) is 18.9 Å². The molecule has 0 unspecified atom stereocenters. The molecule has 3 aromatic carbocycles. The molecule has 2 saturated carbocycles. The van der Waals surface area contributed by atoms with Gasteiger partial charge in [-0.1, -0.05) is 69.7 Å². The summed E-state index contributed by atoms with van der Waals surface area (Å²) < 4.78 is 49.2. The number of aromatic nitrogens is 1. The van der Waals surface area contributed by atoms with E-state index in [1.807, 2.05) is 48.5 Å². The molecule has 0 spiro atoms. The van der Waals surface area contributed by atoms with Crippen LogP contribution in [-0.2, 0) is 22.4 Å². The van der Waals surface area contributed by atoms with Crippen LogP contribution in [-0.4, -0.2) is 22.0 Å². The highest BCUT2D eigenvalue weighted by Crippen LogP contribution is 2.69. The molecule has 7 atom stereocenters. The topological polar surface area (TPSA) is 79.5 Å². The van der Waals surface area contributed by atoms with Gasteiger partial charge >= 0.3 is 11.0 Å². The Morgan fingerprint density at radius 2 is 1.64 bits per heavy atom. The number of anilines is 1. The van der Waals surface area contributed by atoms with Gasteiger partial charge in [0.1, 0.15) is 12.4 Å². The molecule has 45 heavy (non-hydrogen) atoms. The van der Waals surface area contributed by atoms with E-state index >= 15 is 0 Å². The molecule has 4 aromatic rings. The van der Waals surface area contributed by atoms with E-state index in [-0.39, 0.29) is 33.8 Å². The molecule has 2 aliphatic heterocycles. The Morgan fingerprint density at radius 3 is 2.40 bits per heavy atom. The van der Waals surface area contributed by atoms with Gasteiger partial charge in [0.15, 0.2) is 0 Å². The number of nitrogens with zero attached hydrogens (tertiary/aromatic N) is 1. The molecule has 3 fully saturated rings. The largest absolute Gasteiger partial charge is 0.489 e. The van der Waals surface area contributed by atoms with Gasteiger partial charge in [0.25, 0.3) is 0 Å². The van der Waals surface area contributed by atoms with Crippen molar-refractivity contribution in [2.75, 3.05) is 4.90 Å². The summed E-state index contributed by atoms with van der Waals surface area (Å²) in [6.07, 6.45) is -4.10. The average molecular weight is 714 g/mol. The van der Waals surface area contributed by atoms with Crippen LogP contribution in [0, 0.1) is 29.6 Å². The quantitative estimate of drug-likeness (QED) is 0.217. The van der Waals surface area contributed by atoms with Gasteiger partial charge in [-0.15, -0.1) is 11.8 Å². The van der Waals surface area contributed by atoms with E-state index in [9.17, 15) is 27.6 Å². The summed E-state index contributed by atoms with van der Waals surface area (Å²) in [7, 11) is 0. The SMILES string of the molecule is O=C1[C@H]2[C@H]3C[C@@H]([C@@H]2C(=O)N1c1ccccc1C(F)(F)F)[C@H]1[C@H](c2cc(Br)ccc2OCc2ccccc2)c2sc(=O)[nH]c2S[C@H]31. The first-order valence-corrected chi connectivity index (χ1v) is 17.0. The van der Waals surface area contributed by atoms with Crippen LogP contribution in [0.2, 0.25) is 0 Å². The third-order valence-electron chi connectivity index (χ3n) is 9.72. The van der Waals surface area contributed by atoms with Crippen molar-refractivity contribution in [1.29, 1.82) is 0 Å². The second kappa shape index (κ2) is 10.6. The Hall–Kier alpha value is -3.35. The van der Waals surface area contributed by atoms with Crippen molar-refractivity contribution in [2.45, 2.75) is 35.4 Å². The number of benzene rings is 3. The van der Waals surface area contributed by atoms with Gasteiger partial charge in [-0.2, -0.15) is 13.2 Å². The maximum Gasteiger partial charge on any atom is 0.418 e. The van der Waals surface area contributed by atoms with E-state index < -0.39 is 41.1 Å². The maximum absolute atomic E-state index is 14.1. The lowest BCUT2D eigenvalue weighted by Gasteiger charge is -2.43. The van der Waals surface area contributed by atoms with Gasteiger partial charge in [-0.3, -0.25) is 14.4 Å². The van der Waals surface area contributed by atoms with Crippen molar-refractivity contribution in [3.63, 3.8) is 0 Å². The number of carbonyl (C=O) groups excluding carboxylic acids is 2. The number of H-pyrrole nitrogens is 1. The predicted octanol–water partition coefficient (Wildman–Crippen LogP) is 7.47. The number of alkyl halides is 3. The van der Waals surface area contributed by atoms with Crippen molar-refractivity contribution < 1.29 is 27.5 Å². The van der Waals surface area contributed by atoms with Crippen molar-refractivity contribution in [3.8, 4) is 5.75 Å². The number of carbonyl (C=O) groups is 2. The summed E-state index contributed by atoms with van der Waals surface area (Å²) in [5.41, 5.74) is 0.450. The minimum absolute atomic E-state index is 0.116. The highest BCUT2D eigenvalue weighted by molar-refractivity contribution is 9.10. The Morgan fingerprint density at radius 1 is 0.933 bits per heavy atom. The van der Waals surface area contributed by atoms with E-state index in [0.717, 1.165) is 47.8 Å². The van der Waals surface area contributed by atoms with E-state index in [0.29, 0.717) is 18.8 Å². The standard InChI is InChI=1S/C33H24BrF3N2O4S2/c34-16-10-11-22(43-14-15-6-2-1-3-7-15)17(12-16)23-24-18-13-19(27(24)44-29-28(23)45-32(42)38-29)26-25(18)30(40)39(31(26)41)21-9-5-4-8-20(21)33(35,36)37/h1-12,18-19,23-27H,13-14H2,(H,38,42)/t18-,19-,23+,24+,25+,26+,27-/m1/s1. The number of ether oxygens (including phenoxy) is 1. The number of rotatable bonds is 5. The Balaban J connectivity index is 1.21. The van der Waals surface area contributed by atoms with Crippen molar-refractivity contribution >= 4 is 56.5 Å². The molecule has 8 rings (SSSR count). The van der Waals surface area contributed by atoms with Crippen LogP contribution in [0.5, 0.6) is 5.75 Å². The van der Waals surface area contributed by atoms with Crippen LogP contribution in [0.3, 0.4) is 0 Å². The Labute approximate surface area is 272 Å². The van der Waals surface area contributed by atoms with Crippen molar-refractivity contribution in [2.24, 2.45) is 29.6 Å². The molecule has 230 valence electrons. The van der Waals surface area contributed by atoms with E-state index in [1.165, 1.54) is 30.0 Å². The number of aromatic amines is 1. The molecule has 0 radical (unpaired) electrons. The predicted molar refractivity (Wildman–Crippen MR) is 167 cm³/mol. The summed E-state index contributed by atoms with van der Waals surface area (Å²) in [4.78, 5) is 45.1. The molecule has 3 heterocycles. The molecule has 2 aliphatic carbocycles. The number of amides is 2. The third kappa shape index (κ3) is 4.54. The first-order chi connectivity index (χ1) is 21.6. The minimum atomic E-state index is -4.72. The smallest absolute Gasteiger partial charge is 0.418 e. The number of halogens is 4. The molecule has 4 aliphatic rings. The minimum Gasteiger partial charge on any atom is -0.489 e. The second-order valence-corrected chi connectivity index (χ2v) is 15.1. The highest BCUT2D eigenvalue weighted by atomic mass is 79.9. The second-order valence-electron chi connectivity index (χ2n) is 11.9. The summed E-state index contributed by atoms with van der Waals surface area (Å²) in [6.45, 7) is 0.332. The zero-order valence-corrected chi connectivity index (χ0v) is 26.5. The van der Waals surface area contributed by atoms with Gasteiger partial charge in [-0.25, -0.2) is 4.90 Å². The van der Waals surface area contributed by atoms with Crippen LogP contribution < -0.4 is 14.5 Å². The number of nitrogens with one attached hydrogen (secondary N) is 1. The Bertz CT molecular complexity index is 1910. The van der Waals surface area contributed by atoms with Crippen LogP contribution in [0.15, 0.2) is 87.1 Å². The number of hydrogen-bond acceptors (Lipinski definition) is 6. The summed E-state index contributed by atoms with van der Waals surface area (Å²) in [5, 5.41) is 0.625. The van der Waals surface area contributed by atoms with Gasteiger partial charge in [0.05, 0.1) is 28.1 Å². The van der Waals surface area contributed by atoms with Gasteiger partial charge in [0, 0.05) is 26.1 Å². The zero-order chi connectivity index (χ0) is 31.2. The lowest BCUT2D eigenvalue weighted by molar-refractivity contribution is -0.137. The fourth-order valence-corrected chi connectivity index (χ4v) is 11.4. The van der Waals surface area contributed by atoms with E-state index in [4.69, 9.17) is 4.74 Å². The van der Waals surface area contributed by atoms with Gasteiger partial charge in [0.2, 0.25) is 11.8 Å². The monoisotopic (exact) mass is 712 g/mol. The molecule has 2 bridgehead atoms. The van der Waals surface area contributed by atoms with E-state index in [2.05, 4.69) is 20.9 Å². The molecule has 1 N–H and O–H groups in total. The number of imide groups is 1. The summed E-state index contributed by atoms with van der Waals surface area (Å²) >= 11 is 6.28. The van der Waals surface area contributed by atoms with Crippen molar-refractivity contribution in [1.82, 2.24) is 4.98 Å². The maximum atomic E-state index is 14.1. The van der Waals surface area contributed by atoms with Crippen molar-refractivity contribution in [3.05, 3.63) is 109 Å². The van der Waals surface area contributed by atoms with Crippen LogP contribution >= 0.6 is 39.0 Å². The number of fused-ring (bicyclic) bond motifs is 9. The number of thioether (sulfide) groups is 1. The molecular weight excluding hydrogens is 689 g/mol. The lowest BCUT2D eigenvalue weighted by Crippen LogP contribution is -2.42. The zero-order valence-electron chi connectivity index (χ0n) is 23.3. The van der Waals surface area contributed by atoms with Gasteiger partial charge in [-0.05, 0) is 60.1 Å². The molecule has 6 nitrogen and oxygen atoms in total. The summed E-state index contributed by atoms with van der Waals surface area (Å²) in [5.74, 6) is -2.85. The average Bonchev–Trinajstić information content (AvgIpc) is 3.75. The molecule has 1 aromatic heterocycles. The van der Waals surface area contributed by atoms with Crippen LogP contribution in [0.25, 0.3) is 0 Å². The number of para-hydroxylation sites is 1. The van der Waals surface area contributed by atoms with E-state index in [1.54, 1.807) is 0 Å². The fourth-order valence-electron chi connectivity index (χ4n) is 8.14. The molecule has 12 heteroatoms. The molecule has 1 saturated heterocycles. The normalized spacial score (nSPS) is 28.3. The Kier molecular flexibility index (Phi) is 6.85. The molecular formula is C33H24BrF3N2O4S2.